The number of nitrogens with one attached hydrogen (secondary N) is 2. The van der Waals surface area contributed by atoms with Gasteiger partial charge in [-0.1, -0.05) is 29.5 Å². The molecule has 2 N–H and O–H groups in total. The lowest BCUT2D eigenvalue weighted by molar-refractivity contribution is 0.156. The van der Waals surface area contributed by atoms with E-state index in [2.05, 4.69) is 32.4 Å². The third kappa shape index (κ3) is 5.45. The standard InChI is InChI=1S/C26H26ClN5O/c27-21-8-9-23-24(16-21)29-18-33-14-10-20-17-28-26(31-25(20)23)30-22-7-3-5-19(15-22)6-4-13-32-11-1-2-12-32/h3,5,7-9,15-17,29H,1-2,10-14,18H2,(H,28,30,31). The average molecular weight is 460 g/mol. The molecule has 0 atom stereocenters. The number of anilines is 3. The van der Waals surface area contributed by atoms with Crippen molar-refractivity contribution >= 4 is 28.9 Å². The number of likely N-dealkylation sites (tertiary alicyclic amines) is 1. The number of rotatable bonds is 3. The van der Waals surface area contributed by atoms with E-state index in [0.29, 0.717) is 24.3 Å². The van der Waals surface area contributed by atoms with E-state index in [-0.39, 0.29) is 0 Å². The summed E-state index contributed by atoms with van der Waals surface area (Å²) in [6.07, 6.45) is 5.17. The summed E-state index contributed by atoms with van der Waals surface area (Å²) in [6.45, 7) is 4.15. The normalized spacial score (nSPS) is 15.7. The summed E-state index contributed by atoms with van der Waals surface area (Å²) in [6, 6.07) is 13.8. The Kier molecular flexibility index (Phi) is 6.73. The molecule has 0 unspecified atom stereocenters. The summed E-state index contributed by atoms with van der Waals surface area (Å²) in [5.74, 6) is 7.12. The molecule has 3 heterocycles. The van der Waals surface area contributed by atoms with Gasteiger partial charge in [-0.15, -0.1) is 0 Å². The Morgan fingerprint density at radius 1 is 1.15 bits per heavy atom. The van der Waals surface area contributed by atoms with Crippen LogP contribution in [0.5, 0.6) is 0 Å². The van der Waals surface area contributed by atoms with Gasteiger partial charge in [0.05, 0.1) is 18.8 Å². The van der Waals surface area contributed by atoms with Gasteiger partial charge in [-0.2, -0.15) is 0 Å². The highest BCUT2D eigenvalue weighted by Crippen LogP contribution is 2.33. The molecule has 1 saturated heterocycles. The molecule has 7 heteroatoms. The van der Waals surface area contributed by atoms with Crippen LogP contribution in [0.2, 0.25) is 5.02 Å². The van der Waals surface area contributed by atoms with Gasteiger partial charge in [-0.05, 0) is 74.3 Å². The van der Waals surface area contributed by atoms with Crippen LogP contribution in [0, 0.1) is 11.8 Å². The van der Waals surface area contributed by atoms with Gasteiger partial charge in [0.2, 0.25) is 5.95 Å². The quantitative estimate of drug-likeness (QED) is 0.541. The fourth-order valence-corrected chi connectivity index (χ4v) is 4.31. The number of nitrogens with zero attached hydrogens (tertiary/aromatic N) is 3. The lowest BCUT2D eigenvalue weighted by Gasteiger charge is -2.14. The van der Waals surface area contributed by atoms with Crippen molar-refractivity contribution in [2.24, 2.45) is 0 Å². The minimum atomic E-state index is 0.422. The second kappa shape index (κ2) is 10.2. The van der Waals surface area contributed by atoms with Crippen LogP contribution in [0.3, 0.4) is 0 Å². The van der Waals surface area contributed by atoms with Crippen molar-refractivity contribution in [3.05, 3.63) is 64.8 Å². The molecule has 0 radical (unpaired) electrons. The van der Waals surface area contributed by atoms with Gasteiger partial charge in [0.25, 0.3) is 0 Å². The molecule has 0 saturated carbocycles. The first-order valence-electron chi connectivity index (χ1n) is 11.3. The summed E-state index contributed by atoms with van der Waals surface area (Å²) in [7, 11) is 0. The molecule has 33 heavy (non-hydrogen) atoms. The maximum absolute atomic E-state index is 6.23. The molecule has 0 bridgehead atoms. The van der Waals surface area contributed by atoms with Gasteiger partial charge in [-0.25, -0.2) is 9.97 Å². The zero-order valence-corrected chi connectivity index (χ0v) is 19.2. The maximum Gasteiger partial charge on any atom is 0.227 e. The van der Waals surface area contributed by atoms with Gasteiger partial charge < -0.3 is 15.4 Å². The minimum Gasteiger partial charge on any atom is -0.362 e. The van der Waals surface area contributed by atoms with E-state index in [4.69, 9.17) is 21.3 Å². The highest BCUT2D eigenvalue weighted by Gasteiger charge is 2.16. The van der Waals surface area contributed by atoms with Crippen LogP contribution >= 0.6 is 11.6 Å². The Morgan fingerprint density at radius 3 is 2.97 bits per heavy atom. The van der Waals surface area contributed by atoms with Crippen LogP contribution in [0.15, 0.2) is 48.7 Å². The third-order valence-electron chi connectivity index (χ3n) is 5.83. The highest BCUT2D eigenvalue weighted by atomic mass is 35.5. The molecule has 1 fully saturated rings. The molecular weight excluding hydrogens is 434 g/mol. The van der Waals surface area contributed by atoms with Crippen molar-refractivity contribution in [1.29, 1.82) is 0 Å². The summed E-state index contributed by atoms with van der Waals surface area (Å²) < 4.78 is 5.67. The van der Waals surface area contributed by atoms with Crippen molar-refractivity contribution in [3.8, 4) is 23.1 Å². The molecule has 2 aliphatic heterocycles. The molecule has 0 spiro atoms. The number of hydrogen-bond donors (Lipinski definition) is 2. The first kappa shape index (κ1) is 21.7. The summed E-state index contributed by atoms with van der Waals surface area (Å²) in [5.41, 5.74) is 5.66. The molecule has 5 rings (SSSR count). The summed E-state index contributed by atoms with van der Waals surface area (Å²) in [4.78, 5) is 11.8. The number of aromatic nitrogens is 2. The van der Waals surface area contributed by atoms with Crippen LogP contribution in [0.1, 0.15) is 24.0 Å². The van der Waals surface area contributed by atoms with Crippen LogP contribution in [-0.2, 0) is 11.2 Å². The van der Waals surface area contributed by atoms with E-state index >= 15 is 0 Å². The molecule has 168 valence electrons. The van der Waals surface area contributed by atoms with Crippen LogP contribution in [0.25, 0.3) is 11.3 Å². The van der Waals surface area contributed by atoms with E-state index in [1.165, 1.54) is 12.8 Å². The second-order valence-electron chi connectivity index (χ2n) is 8.23. The number of fused-ring (bicyclic) bond motifs is 3. The minimum absolute atomic E-state index is 0.422. The molecule has 2 aromatic carbocycles. The molecule has 6 nitrogen and oxygen atoms in total. The van der Waals surface area contributed by atoms with Crippen molar-refractivity contribution in [1.82, 2.24) is 14.9 Å². The Labute approximate surface area is 199 Å². The smallest absolute Gasteiger partial charge is 0.227 e. The average Bonchev–Trinajstić information content (AvgIpc) is 3.35. The van der Waals surface area contributed by atoms with Crippen LogP contribution in [-0.4, -0.2) is 47.8 Å². The van der Waals surface area contributed by atoms with E-state index in [9.17, 15) is 0 Å². The monoisotopic (exact) mass is 459 g/mol. The van der Waals surface area contributed by atoms with Gasteiger partial charge in [-0.3, -0.25) is 4.90 Å². The second-order valence-corrected chi connectivity index (χ2v) is 8.66. The lowest BCUT2D eigenvalue weighted by atomic mass is 10.0. The summed E-state index contributed by atoms with van der Waals surface area (Å²) >= 11 is 6.23. The van der Waals surface area contributed by atoms with E-state index in [1.807, 2.05) is 48.7 Å². The largest absolute Gasteiger partial charge is 0.362 e. The molecule has 1 aromatic heterocycles. The summed E-state index contributed by atoms with van der Waals surface area (Å²) in [5, 5.41) is 7.30. The van der Waals surface area contributed by atoms with E-state index in [1.54, 1.807) is 0 Å². The first-order valence-corrected chi connectivity index (χ1v) is 11.7. The Hall–Kier alpha value is -3.11. The fourth-order valence-electron chi connectivity index (χ4n) is 4.13. The Morgan fingerprint density at radius 2 is 2.06 bits per heavy atom. The fraction of sp³-hybridized carbons (Fsp3) is 0.308. The van der Waals surface area contributed by atoms with E-state index in [0.717, 1.165) is 59.8 Å². The lowest BCUT2D eigenvalue weighted by Crippen LogP contribution is -2.18. The number of halogens is 1. The van der Waals surface area contributed by atoms with Gasteiger partial charge >= 0.3 is 0 Å². The zero-order chi connectivity index (χ0) is 22.5. The van der Waals surface area contributed by atoms with Crippen molar-refractivity contribution < 1.29 is 4.74 Å². The third-order valence-corrected chi connectivity index (χ3v) is 6.07. The zero-order valence-electron chi connectivity index (χ0n) is 18.4. The molecule has 3 aromatic rings. The molecule has 0 amide bonds. The maximum atomic E-state index is 6.23. The predicted molar refractivity (Wildman–Crippen MR) is 133 cm³/mol. The van der Waals surface area contributed by atoms with Gasteiger partial charge in [0.15, 0.2) is 0 Å². The number of hydrogen-bond acceptors (Lipinski definition) is 6. The first-order chi connectivity index (χ1) is 16.2. The number of benzene rings is 2. The van der Waals surface area contributed by atoms with Crippen molar-refractivity contribution in [3.63, 3.8) is 0 Å². The molecular formula is C26H26ClN5O. The SMILES string of the molecule is Clc1ccc2c(c1)NCOCCc1cnc(Nc3cccc(C#CCN4CCCC4)c3)nc1-2. The highest BCUT2D eigenvalue weighted by molar-refractivity contribution is 6.31. The van der Waals surface area contributed by atoms with Gasteiger partial charge in [0.1, 0.15) is 6.73 Å². The number of ether oxygens (including phenoxy) is 1. The topological polar surface area (TPSA) is 62.3 Å². The van der Waals surface area contributed by atoms with Crippen LogP contribution < -0.4 is 10.6 Å². The van der Waals surface area contributed by atoms with Crippen molar-refractivity contribution in [2.45, 2.75) is 19.3 Å². The molecule has 0 aliphatic carbocycles. The van der Waals surface area contributed by atoms with Gasteiger partial charge in [0, 0.05) is 33.7 Å². The molecule has 2 aliphatic rings. The Balaban J connectivity index is 1.39. The predicted octanol–water partition coefficient (Wildman–Crippen LogP) is 4.93. The Bertz CT molecular complexity index is 1200. The van der Waals surface area contributed by atoms with Crippen LogP contribution in [0.4, 0.5) is 17.3 Å². The van der Waals surface area contributed by atoms with Crippen molar-refractivity contribution in [2.75, 3.05) is 43.6 Å². The van der Waals surface area contributed by atoms with E-state index < -0.39 is 0 Å².